The summed E-state index contributed by atoms with van der Waals surface area (Å²) in [4.78, 5) is 17.5. The quantitative estimate of drug-likeness (QED) is 0.484. The number of rotatable bonds is 5. The fourth-order valence-electron chi connectivity index (χ4n) is 3.07. The molecule has 1 N–H and O–H groups in total. The Balaban J connectivity index is 1.58. The van der Waals surface area contributed by atoms with Crippen molar-refractivity contribution in [2.45, 2.75) is 18.4 Å². The summed E-state index contributed by atoms with van der Waals surface area (Å²) in [6.07, 6.45) is 0. The van der Waals surface area contributed by atoms with Gasteiger partial charge in [-0.2, -0.15) is 4.99 Å². The van der Waals surface area contributed by atoms with E-state index in [4.69, 9.17) is 0 Å². The zero-order valence-electron chi connectivity index (χ0n) is 16.4. The van der Waals surface area contributed by atoms with Crippen molar-refractivity contribution >= 4 is 43.2 Å². The van der Waals surface area contributed by atoms with Gasteiger partial charge in [0, 0.05) is 17.8 Å². The van der Waals surface area contributed by atoms with Gasteiger partial charge in [-0.25, -0.2) is 12.8 Å². The van der Waals surface area contributed by atoms with E-state index in [-0.39, 0.29) is 10.6 Å². The van der Waals surface area contributed by atoms with Gasteiger partial charge in [0.05, 0.1) is 15.1 Å². The standard InChI is InChI=1S/C22H18FN3O3S2/c1-2-26-19-5-3-4-6-20(19)30-22(26)24-21(27)15-7-11-17(12-8-15)25-31(28,29)18-13-9-16(23)10-14-18/h3-14,25H,2H2,1H3. The fourth-order valence-corrected chi connectivity index (χ4v) is 5.22. The number of aromatic nitrogens is 1. The van der Waals surface area contributed by atoms with Crippen LogP contribution in [0.5, 0.6) is 0 Å². The van der Waals surface area contributed by atoms with Crippen LogP contribution in [0.2, 0.25) is 0 Å². The van der Waals surface area contributed by atoms with Crippen molar-refractivity contribution in [1.29, 1.82) is 0 Å². The average Bonchev–Trinajstić information content (AvgIpc) is 3.11. The van der Waals surface area contributed by atoms with Gasteiger partial charge < -0.3 is 4.57 Å². The van der Waals surface area contributed by atoms with Crippen LogP contribution in [-0.4, -0.2) is 18.9 Å². The van der Waals surface area contributed by atoms with E-state index in [1.807, 2.05) is 35.8 Å². The topological polar surface area (TPSA) is 80.5 Å². The smallest absolute Gasteiger partial charge is 0.279 e. The second-order valence-corrected chi connectivity index (χ2v) is 9.34. The Bertz CT molecular complexity index is 1420. The zero-order valence-corrected chi connectivity index (χ0v) is 18.1. The molecule has 6 nitrogen and oxygen atoms in total. The van der Waals surface area contributed by atoms with Crippen LogP contribution in [0.15, 0.2) is 82.7 Å². The molecule has 158 valence electrons. The summed E-state index contributed by atoms with van der Waals surface area (Å²) < 4.78 is 43.3. The third-order valence-corrected chi connectivity index (χ3v) is 7.07. The third kappa shape index (κ3) is 4.42. The predicted octanol–water partition coefficient (Wildman–Crippen LogP) is 4.40. The lowest BCUT2D eigenvalue weighted by molar-refractivity contribution is 0.0998. The summed E-state index contributed by atoms with van der Waals surface area (Å²) in [5.41, 5.74) is 1.64. The first-order valence-corrected chi connectivity index (χ1v) is 11.7. The number of amides is 1. The van der Waals surface area contributed by atoms with Crippen molar-refractivity contribution < 1.29 is 17.6 Å². The molecule has 0 spiro atoms. The molecule has 0 atom stereocenters. The van der Waals surface area contributed by atoms with E-state index >= 15 is 0 Å². The van der Waals surface area contributed by atoms with Crippen LogP contribution in [0.1, 0.15) is 17.3 Å². The number of halogens is 1. The van der Waals surface area contributed by atoms with Gasteiger partial charge in [-0.1, -0.05) is 23.5 Å². The van der Waals surface area contributed by atoms with Crippen molar-refractivity contribution in [3.05, 3.63) is 89.0 Å². The maximum absolute atomic E-state index is 13.0. The Kier molecular flexibility index (Phi) is 5.71. The SMILES string of the molecule is CCn1c(=NC(=O)c2ccc(NS(=O)(=O)c3ccc(F)cc3)cc2)sc2ccccc21. The number of nitrogens with zero attached hydrogens (tertiary/aromatic N) is 2. The normalized spacial score (nSPS) is 12.3. The number of benzene rings is 3. The molecule has 1 heterocycles. The number of thiazole rings is 1. The van der Waals surface area contributed by atoms with Crippen molar-refractivity contribution in [2.24, 2.45) is 4.99 Å². The molecule has 0 fully saturated rings. The first-order chi connectivity index (χ1) is 14.9. The highest BCUT2D eigenvalue weighted by Crippen LogP contribution is 2.19. The maximum atomic E-state index is 13.0. The largest absolute Gasteiger partial charge is 0.317 e. The number of fused-ring (bicyclic) bond motifs is 1. The third-order valence-electron chi connectivity index (χ3n) is 4.61. The van der Waals surface area contributed by atoms with E-state index in [1.54, 1.807) is 0 Å². The summed E-state index contributed by atoms with van der Waals surface area (Å²) in [5, 5.41) is 0. The molecular formula is C22H18FN3O3S2. The van der Waals surface area contributed by atoms with E-state index in [2.05, 4.69) is 9.71 Å². The minimum absolute atomic E-state index is 0.0575. The molecule has 3 aromatic carbocycles. The molecule has 4 rings (SSSR count). The molecule has 0 aliphatic carbocycles. The van der Waals surface area contributed by atoms with Crippen LogP contribution in [0.3, 0.4) is 0 Å². The number of carbonyl (C=O) groups is 1. The summed E-state index contributed by atoms with van der Waals surface area (Å²) in [5.74, 6) is -0.935. The van der Waals surface area contributed by atoms with Crippen LogP contribution in [0, 0.1) is 5.82 Å². The van der Waals surface area contributed by atoms with E-state index in [1.165, 1.54) is 47.7 Å². The van der Waals surface area contributed by atoms with Crippen molar-refractivity contribution in [1.82, 2.24) is 4.57 Å². The lowest BCUT2D eigenvalue weighted by atomic mass is 10.2. The van der Waals surface area contributed by atoms with Crippen molar-refractivity contribution in [3.8, 4) is 0 Å². The molecule has 0 aliphatic heterocycles. The number of anilines is 1. The first kappa shape index (κ1) is 21.0. The molecule has 0 saturated heterocycles. The highest BCUT2D eigenvalue weighted by atomic mass is 32.2. The molecule has 0 radical (unpaired) electrons. The Morgan fingerprint density at radius 3 is 2.39 bits per heavy atom. The second-order valence-electron chi connectivity index (χ2n) is 6.65. The minimum Gasteiger partial charge on any atom is -0.317 e. The summed E-state index contributed by atoms with van der Waals surface area (Å²) in [7, 11) is -3.86. The van der Waals surface area contributed by atoms with Gasteiger partial charge in [0.2, 0.25) is 0 Å². The van der Waals surface area contributed by atoms with Gasteiger partial charge >= 0.3 is 0 Å². The van der Waals surface area contributed by atoms with E-state index in [0.717, 1.165) is 22.3 Å². The van der Waals surface area contributed by atoms with Crippen LogP contribution in [-0.2, 0) is 16.6 Å². The zero-order chi connectivity index (χ0) is 22.0. The number of nitrogens with one attached hydrogen (secondary N) is 1. The van der Waals surface area contributed by atoms with Crippen molar-refractivity contribution in [3.63, 3.8) is 0 Å². The Labute approximate surface area is 182 Å². The lowest BCUT2D eigenvalue weighted by Gasteiger charge is -2.08. The van der Waals surface area contributed by atoms with E-state index < -0.39 is 21.7 Å². The monoisotopic (exact) mass is 455 g/mol. The second kappa shape index (κ2) is 8.44. The molecule has 31 heavy (non-hydrogen) atoms. The summed E-state index contributed by atoms with van der Waals surface area (Å²) >= 11 is 1.44. The van der Waals surface area contributed by atoms with Gasteiger partial charge in [-0.05, 0) is 67.6 Å². The first-order valence-electron chi connectivity index (χ1n) is 9.43. The molecule has 0 bridgehead atoms. The Hall–Kier alpha value is -3.30. The maximum Gasteiger partial charge on any atom is 0.279 e. The number of sulfonamides is 1. The molecule has 0 saturated carbocycles. The number of hydrogen-bond donors (Lipinski definition) is 1. The molecule has 4 aromatic rings. The van der Waals surface area contributed by atoms with Crippen LogP contribution < -0.4 is 9.52 Å². The van der Waals surface area contributed by atoms with Crippen molar-refractivity contribution in [2.75, 3.05) is 4.72 Å². The van der Waals surface area contributed by atoms with Gasteiger partial charge in [-0.15, -0.1) is 0 Å². The van der Waals surface area contributed by atoms with Crippen LogP contribution in [0.25, 0.3) is 10.2 Å². The highest BCUT2D eigenvalue weighted by molar-refractivity contribution is 7.92. The fraction of sp³-hybridized carbons (Fsp3) is 0.0909. The van der Waals surface area contributed by atoms with Gasteiger partial charge in [0.25, 0.3) is 15.9 Å². The van der Waals surface area contributed by atoms with Gasteiger partial charge in [0.1, 0.15) is 5.82 Å². The molecular weight excluding hydrogens is 437 g/mol. The van der Waals surface area contributed by atoms with E-state index in [0.29, 0.717) is 16.9 Å². The molecule has 1 amide bonds. The highest BCUT2D eigenvalue weighted by Gasteiger charge is 2.15. The van der Waals surface area contributed by atoms with Crippen LogP contribution in [0.4, 0.5) is 10.1 Å². The van der Waals surface area contributed by atoms with Gasteiger partial charge in [0.15, 0.2) is 4.80 Å². The molecule has 9 heteroatoms. The number of hydrogen-bond acceptors (Lipinski definition) is 4. The molecule has 1 aromatic heterocycles. The molecule has 0 unspecified atom stereocenters. The lowest BCUT2D eigenvalue weighted by Crippen LogP contribution is -2.16. The molecule has 0 aliphatic rings. The van der Waals surface area contributed by atoms with E-state index in [9.17, 15) is 17.6 Å². The minimum atomic E-state index is -3.86. The predicted molar refractivity (Wildman–Crippen MR) is 119 cm³/mol. The van der Waals surface area contributed by atoms with Crippen LogP contribution >= 0.6 is 11.3 Å². The Morgan fingerprint density at radius 1 is 1.03 bits per heavy atom. The Morgan fingerprint density at radius 2 is 1.71 bits per heavy atom. The summed E-state index contributed by atoms with van der Waals surface area (Å²) in [6, 6.07) is 18.4. The van der Waals surface area contributed by atoms with Gasteiger partial charge in [-0.3, -0.25) is 9.52 Å². The number of para-hydroxylation sites is 1. The average molecular weight is 456 g/mol. The summed E-state index contributed by atoms with van der Waals surface area (Å²) in [6.45, 7) is 2.67. The number of carbonyl (C=O) groups excluding carboxylic acids is 1. The number of aryl methyl sites for hydroxylation is 1.